The Labute approximate surface area is 173 Å². The summed E-state index contributed by atoms with van der Waals surface area (Å²) < 4.78 is 15.7. The predicted molar refractivity (Wildman–Crippen MR) is 112 cm³/mol. The Hall–Kier alpha value is -3.48. The minimum atomic E-state index is -0.384. The lowest BCUT2D eigenvalue weighted by Crippen LogP contribution is -2.34. The van der Waals surface area contributed by atoms with Crippen molar-refractivity contribution < 1.29 is 9.18 Å². The summed E-state index contributed by atoms with van der Waals surface area (Å²) in [5.74, 6) is -0.153. The monoisotopic (exact) mass is 403 g/mol. The average molecular weight is 403 g/mol. The number of aromatic amines is 1. The Morgan fingerprint density at radius 3 is 2.97 bits per heavy atom. The van der Waals surface area contributed by atoms with Crippen LogP contribution in [0.2, 0.25) is 0 Å². The van der Waals surface area contributed by atoms with Gasteiger partial charge in [0.1, 0.15) is 5.82 Å². The van der Waals surface area contributed by atoms with Gasteiger partial charge in [-0.1, -0.05) is 6.07 Å². The van der Waals surface area contributed by atoms with Crippen LogP contribution in [0.1, 0.15) is 23.7 Å². The summed E-state index contributed by atoms with van der Waals surface area (Å²) in [6.07, 6.45) is 6.56. The van der Waals surface area contributed by atoms with Gasteiger partial charge in [-0.25, -0.2) is 9.37 Å². The lowest BCUT2D eigenvalue weighted by atomic mass is 10.1. The highest BCUT2D eigenvalue weighted by molar-refractivity contribution is 5.94. The quantitative estimate of drug-likeness (QED) is 0.557. The fourth-order valence-electron chi connectivity index (χ4n) is 4.41. The van der Waals surface area contributed by atoms with E-state index in [9.17, 15) is 9.18 Å². The minimum Gasteiger partial charge on any atom is -0.346 e. The van der Waals surface area contributed by atoms with E-state index >= 15 is 0 Å². The van der Waals surface area contributed by atoms with Gasteiger partial charge in [0.2, 0.25) is 0 Å². The van der Waals surface area contributed by atoms with E-state index in [4.69, 9.17) is 4.98 Å². The zero-order chi connectivity index (χ0) is 20.7. The maximum atomic E-state index is 13.5. The Bertz CT molecular complexity index is 1200. The number of benzene rings is 1. The minimum absolute atomic E-state index is 0.103. The van der Waals surface area contributed by atoms with Crippen molar-refractivity contribution in [3.63, 3.8) is 0 Å². The van der Waals surface area contributed by atoms with E-state index in [0.29, 0.717) is 18.0 Å². The molecule has 4 heterocycles. The van der Waals surface area contributed by atoms with Gasteiger partial charge in [-0.3, -0.25) is 9.89 Å². The van der Waals surface area contributed by atoms with E-state index in [2.05, 4.69) is 34.0 Å². The van der Waals surface area contributed by atoms with Gasteiger partial charge in [-0.05, 0) is 55.7 Å². The standard InChI is InChI=1S/C23H22FN5O/c1-15-9-16(14-29(15)23(30)17-3-2-4-19(24)10-17)13-28-8-7-21-22(28)6-5-20(27-21)18-11-25-26-12-18/h2-8,10-12,15-16H,9,13-14H2,1H3,(H,25,26)/t15-,16+/m0/s1. The van der Waals surface area contributed by atoms with Crippen LogP contribution in [0.4, 0.5) is 4.39 Å². The first-order valence-electron chi connectivity index (χ1n) is 10.1. The van der Waals surface area contributed by atoms with Crippen molar-refractivity contribution in [2.45, 2.75) is 25.9 Å². The second-order valence-electron chi connectivity index (χ2n) is 7.97. The third kappa shape index (κ3) is 3.36. The first kappa shape index (κ1) is 18.5. The molecule has 30 heavy (non-hydrogen) atoms. The van der Waals surface area contributed by atoms with Gasteiger partial charge in [-0.15, -0.1) is 0 Å². The molecule has 152 valence electrons. The van der Waals surface area contributed by atoms with Gasteiger partial charge in [0.05, 0.1) is 22.9 Å². The number of fused-ring (bicyclic) bond motifs is 1. The lowest BCUT2D eigenvalue weighted by Gasteiger charge is -2.21. The topological polar surface area (TPSA) is 66.8 Å². The Morgan fingerprint density at radius 2 is 2.17 bits per heavy atom. The first-order valence-corrected chi connectivity index (χ1v) is 10.1. The van der Waals surface area contributed by atoms with Gasteiger partial charge in [0, 0.05) is 42.7 Å². The Balaban J connectivity index is 1.33. The van der Waals surface area contributed by atoms with Gasteiger partial charge in [0.15, 0.2) is 0 Å². The van der Waals surface area contributed by atoms with Crippen LogP contribution in [0.15, 0.2) is 61.1 Å². The molecule has 0 radical (unpaired) electrons. The molecule has 5 rings (SSSR count). The molecular weight excluding hydrogens is 381 g/mol. The van der Waals surface area contributed by atoms with Gasteiger partial charge in [-0.2, -0.15) is 5.10 Å². The molecule has 0 aliphatic carbocycles. The molecule has 0 bridgehead atoms. The summed E-state index contributed by atoms with van der Waals surface area (Å²) in [4.78, 5) is 19.5. The number of pyridine rings is 1. The maximum absolute atomic E-state index is 13.5. The van der Waals surface area contributed by atoms with Crippen molar-refractivity contribution in [2.24, 2.45) is 5.92 Å². The molecule has 1 saturated heterocycles. The molecule has 3 aromatic heterocycles. The van der Waals surface area contributed by atoms with E-state index in [1.165, 1.54) is 12.1 Å². The molecule has 0 unspecified atom stereocenters. The number of carbonyl (C=O) groups excluding carboxylic acids is 1. The summed E-state index contributed by atoms with van der Waals surface area (Å²) in [5.41, 5.74) is 4.26. The molecule has 1 aliphatic rings. The fraction of sp³-hybridized carbons (Fsp3) is 0.261. The third-order valence-corrected chi connectivity index (χ3v) is 5.87. The normalized spacial score (nSPS) is 18.9. The highest BCUT2D eigenvalue weighted by Gasteiger charge is 2.33. The van der Waals surface area contributed by atoms with E-state index < -0.39 is 0 Å². The largest absolute Gasteiger partial charge is 0.346 e. The fourth-order valence-corrected chi connectivity index (χ4v) is 4.41. The van der Waals surface area contributed by atoms with E-state index in [1.54, 1.807) is 18.3 Å². The molecule has 7 heteroatoms. The number of hydrogen-bond acceptors (Lipinski definition) is 3. The third-order valence-electron chi connectivity index (χ3n) is 5.87. The van der Waals surface area contributed by atoms with Crippen LogP contribution >= 0.6 is 0 Å². The Morgan fingerprint density at radius 1 is 1.27 bits per heavy atom. The first-order chi connectivity index (χ1) is 14.6. The summed E-state index contributed by atoms with van der Waals surface area (Å²) in [7, 11) is 0. The Kier molecular flexibility index (Phi) is 4.58. The zero-order valence-electron chi connectivity index (χ0n) is 16.6. The zero-order valence-corrected chi connectivity index (χ0v) is 16.6. The van der Waals surface area contributed by atoms with Crippen LogP contribution in [0.25, 0.3) is 22.3 Å². The molecule has 1 N–H and O–H groups in total. The van der Waals surface area contributed by atoms with Crippen LogP contribution < -0.4 is 0 Å². The van der Waals surface area contributed by atoms with Crippen LogP contribution in [-0.4, -0.2) is 43.1 Å². The molecular formula is C23H22FN5O. The predicted octanol–water partition coefficient (Wildman–Crippen LogP) is 4.12. The molecule has 1 aromatic carbocycles. The van der Waals surface area contributed by atoms with Crippen LogP contribution in [0.3, 0.4) is 0 Å². The summed E-state index contributed by atoms with van der Waals surface area (Å²) >= 11 is 0. The highest BCUT2D eigenvalue weighted by Crippen LogP contribution is 2.28. The SMILES string of the molecule is C[C@H]1C[C@H](Cn2ccc3nc(-c4cn[nH]c4)ccc32)CN1C(=O)c1cccc(F)c1. The highest BCUT2D eigenvalue weighted by atomic mass is 19.1. The molecule has 1 fully saturated rings. The smallest absolute Gasteiger partial charge is 0.254 e. The molecule has 6 nitrogen and oxygen atoms in total. The van der Waals surface area contributed by atoms with Crippen molar-refractivity contribution >= 4 is 16.9 Å². The maximum Gasteiger partial charge on any atom is 0.254 e. The molecule has 2 atom stereocenters. The molecule has 1 amide bonds. The average Bonchev–Trinajstić information content (AvgIpc) is 3.48. The number of hydrogen-bond donors (Lipinski definition) is 1. The second-order valence-corrected chi connectivity index (χ2v) is 7.97. The number of H-pyrrole nitrogens is 1. The van der Waals surface area contributed by atoms with Crippen molar-refractivity contribution in [1.82, 2.24) is 24.6 Å². The number of likely N-dealkylation sites (tertiary alicyclic amines) is 1. The number of nitrogens with zero attached hydrogens (tertiary/aromatic N) is 4. The van der Waals surface area contributed by atoms with Gasteiger partial charge < -0.3 is 9.47 Å². The number of amides is 1. The van der Waals surface area contributed by atoms with Crippen LogP contribution in [0.5, 0.6) is 0 Å². The van der Waals surface area contributed by atoms with E-state index in [-0.39, 0.29) is 17.8 Å². The van der Waals surface area contributed by atoms with Crippen LogP contribution in [-0.2, 0) is 6.54 Å². The number of aromatic nitrogens is 4. The van der Waals surface area contributed by atoms with E-state index in [0.717, 1.165) is 35.3 Å². The van der Waals surface area contributed by atoms with Gasteiger partial charge >= 0.3 is 0 Å². The molecule has 4 aromatic rings. The lowest BCUT2D eigenvalue weighted by molar-refractivity contribution is 0.0741. The second kappa shape index (κ2) is 7.40. The molecule has 0 saturated carbocycles. The van der Waals surface area contributed by atoms with Crippen molar-refractivity contribution in [3.8, 4) is 11.3 Å². The number of nitrogens with one attached hydrogen (secondary N) is 1. The van der Waals surface area contributed by atoms with Crippen molar-refractivity contribution in [3.05, 3.63) is 72.4 Å². The summed E-state index contributed by atoms with van der Waals surface area (Å²) in [6, 6.07) is 12.2. The molecule has 1 aliphatic heterocycles. The van der Waals surface area contributed by atoms with Crippen molar-refractivity contribution in [2.75, 3.05) is 6.54 Å². The number of carbonyl (C=O) groups is 1. The van der Waals surface area contributed by atoms with Crippen LogP contribution in [0, 0.1) is 11.7 Å². The summed E-state index contributed by atoms with van der Waals surface area (Å²) in [6.45, 7) is 3.54. The summed E-state index contributed by atoms with van der Waals surface area (Å²) in [5, 5.41) is 6.80. The van der Waals surface area contributed by atoms with Gasteiger partial charge in [0.25, 0.3) is 5.91 Å². The molecule has 0 spiro atoms. The number of rotatable bonds is 4. The number of halogens is 1. The van der Waals surface area contributed by atoms with E-state index in [1.807, 2.05) is 23.2 Å². The van der Waals surface area contributed by atoms with Crippen molar-refractivity contribution in [1.29, 1.82) is 0 Å².